The van der Waals surface area contributed by atoms with E-state index in [2.05, 4.69) is 26.3 Å². The fourth-order valence-electron chi connectivity index (χ4n) is 2.26. The zero-order chi connectivity index (χ0) is 20.1. The minimum absolute atomic E-state index is 0.163. The molecule has 27 heavy (non-hydrogen) atoms. The molecule has 0 radical (unpaired) electrons. The summed E-state index contributed by atoms with van der Waals surface area (Å²) < 4.78 is 12.2. The van der Waals surface area contributed by atoms with E-state index in [9.17, 15) is 14.4 Å². The molecule has 0 aliphatic carbocycles. The molecule has 0 bridgehead atoms. The number of thiophene rings is 1. The van der Waals surface area contributed by atoms with Crippen molar-refractivity contribution in [2.24, 2.45) is 0 Å². The first kappa shape index (κ1) is 21.1. The summed E-state index contributed by atoms with van der Waals surface area (Å²) in [4.78, 5) is 37.3. The van der Waals surface area contributed by atoms with E-state index >= 15 is 0 Å². The van der Waals surface area contributed by atoms with Crippen molar-refractivity contribution in [2.75, 3.05) is 19.0 Å². The van der Waals surface area contributed by atoms with Crippen LogP contribution in [0.25, 0.3) is 0 Å². The van der Waals surface area contributed by atoms with Crippen LogP contribution in [0.3, 0.4) is 0 Å². The maximum Gasteiger partial charge on any atom is 0.348 e. The number of nitrogens with zero attached hydrogens (tertiary/aromatic N) is 2. The second-order valence-electron chi connectivity index (χ2n) is 5.69. The van der Waals surface area contributed by atoms with Crippen molar-refractivity contribution < 1.29 is 23.9 Å². The van der Waals surface area contributed by atoms with Crippen molar-refractivity contribution >= 4 is 50.1 Å². The van der Waals surface area contributed by atoms with E-state index in [-0.39, 0.29) is 28.0 Å². The van der Waals surface area contributed by atoms with Gasteiger partial charge in [-0.3, -0.25) is 9.48 Å². The van der Waals surface area contributed by atoms with Crippen LogP contribution in [0.5, 0.6) is 0 Å². The number of rotatable bonds is 7. The van der Waals surface area contributed by atoms with Gasteiger partial charge in [0, 0.05) is 6.20 Å². The number of halogens is 1. The van der Waals surface area contributed by atoms with Gasteiger partial charge in [0.05, 0.1) is 29.9 Å². The van der Waals surface area contributed by atoms with Gasteiger partial charge in [-0.25, -0.2) is 9.59 Å². The highest BCUT2D eigenvalue weighted by Crippen LogP contribution is 2.34. The highest BCUT2D eigenvalue weighted by Gasteiger charge is 2.28. The number of carbonyl (C=O) groups is 3. The van der Waals surface area contributed by atoms with E-state index in [1.54, 1.807) is 26.2 Å². The normalized spacial score (nSPS) is 11.7. The summed E-state index contributed by atoms with van der Waals surface area (Å²) in [5, 5.41) is 7.05. The Morgan fingerprint density at radius 1 is 1.37 bits per heavy atom. The monoisotopic (exact) mass is 457 g/mol. The van der Waals surface area contributed by atoms with Crippen LogP contribution < -0.4 is 5.32 Å². The summed E-state index contributed by atoms with van der Waals surface area (Å²) in [6.07, 6.45) is 3.90. The van der Waals surface area contributed by atoms with Gasteiger partial charge in [-0.1, -0.05) is 6.92 Å². The van der Waals surface area contributed by atoms with Crippen LogP contribution in [0, 0.1) is 6.92 Å². The smallest absolute Gasteiger partial charge is 0.348 e. The first-order valence-corrected chi connectivity index (χ1v) is 9.80. The van der Waals surface area contributed by atoms with Crippen molar-refractivity contribution in [3.63, 3.8) is 0 Å². The number of ether oxygens (including phenoxy) is 2. The lowest BCUT2D eigenvalue weighted by molar-refractivity contribution is -0.119. The Hall–Kier alpha value is -2.20. The van der Waals surface area contributed by atoms with Crippen LogP contribution in [0.2, 0.25) is 0 Å². The zero-order valence-electron chi connectivity index (χ0n) is 15.4. The van der Waals surface area contributed by atoms with E-state index in [4.69, 9.17) is 9.47 Å². The molecule has 8 nitrogen and oxygen atoms in total. The molecule has 1 amide bonds. The van der Waals surface area contributed by atoms with E-state index in [1.807, 2.05) is 6.92 Å². The van der Waals surface area contributed by atoms with E-state index in [1.165, 1.54) is 11.8 Å². The van der Waals surface area contributed by atoms with Gasteiger partial charge in [0.1, 0.15) is 15.9 Å². The van der Waals surface area contributed by atoms with Crippen LogP contribution in [0.1, 0.15) is 51.9 Å². The van der Waals surface area contributed by atoms with Gasteiger partial charge >= 0.3 is 11.9 Å². The predicted octanol–water partition coefficient (Wildman–Crippen LogP) is 3.57. The quantitative estimate of drug-likeness (QED) is 0.637. The van der Waals surface area contributed by atoms with Crippen LogP contribution in [-0.2, 0) is 14.3 Å². The Morgan fingerprint density at radius 3 is 2.63 bits per heavy atom. The summed E-state index contributed by atoms with van der Waals surface area (Å²) in [5.74, 6) is -1.55. The van der Waals surface area contributed by atoms with E-state index < -0.39 is 18.0 Å². The standard InChI is InChI=1S/C17H20BrN3O5S/c1-5-6-26-16(23)12-9(2)13(17(24)25-4)27-15(12)20-14(22)10(3)21-8-11(18)7-19-21/h7-8,10H,5-6H2,1-4H3,(H,20,22). The predicted molar refractivity (Wildman–Crippen MR) is 104 cm³/mol. The molecule has 1 unspecified atom stereocenters. The first-order chi connectivity index (χ1) is 12.8. The third-order valence-electron chi connectivity index (χ3n) is 3.74. The lowest BCUT2D eigenvalue weighted by Gasteiger charge is -2.13. The molecule has 146 valence electrons. The summed E-state index contributed by atoms with van der Waals surface area (Å²) >= 11 is 4.26. The third kappa shape index (κ3) is 4.75. The van der Waals surface area contributed by atoms with Crippen molar-refractivity contribution in [2.45, 2.75) is 33.2 Å². The van der Waals surface area contributed by atoms with Crippen LogP contribution in [0.4, 0.5) is 5.00 Å². The van der Waals surface area contributed by atoms with E-state index in [0.717, 1.165) is 15.8 Å². The maximum atomic E-state index is 12.6. The molecule has 1 atom stereocenters. The van der Waals surface area contributed by atoms with E-state index in [0.29, 0.717) is 12.0 Å². The number of methoxy groups -OCH3 is 1. The molecule has 2 aromatic heterocycles. The van der Waals surface area contributed by atoms with Crippen LogP contribution in [-0.4, -0.2) is 41.3 Å². The van der Waals surface area contributed by atoms with Gasteiger partial charge in [-0.05, 0) is 41.8 Å². The Bertz CT molecular complexity index is 861. The molecule has 0 saturated carbocycles. The number of anilines is 1. The highest BCUT2D eigenvalue weighted by atomic mass is 79.9. The molecule has 0 spiro atoms. The summed E-state index contributed by atoms with van der Waals surface area (Å²) in [7, 11) is 1.26. The van der Waals surface area contributed by atoms with Crippen LogP contribution in [0.15, 0.2) is 16.9 Å². The molecule has 2 aromatic rings. The number of hydrogen-bond donors (Lipinski definition) is 1. The average Bonchev–Trinajstić information content (AvgIpc) is 3.21. The largest absolute Gasteiger partial charge is 0.465 e. The number of amides is 1. The molecule has 0 aromatic carbocycles. The first-order valence-electron chi connectivity index (χ1n) is 8.19. The van der Waals surface area contributed by atoms with Crippen molar-refractivity contribution in [3.05, 3.63) is 32.9 Å². The number of esters is 2. The molecule has 2 rings (SSSR count). The van der Waals surface area contributed by atoms with Gasteiger partial charge in [0.25, 0.3) is 0 Å². The number of aromatic nitrogens is 2. The highest BCUT2D eigenvalue weighted by molar-refractivity contribution is 9.10. The van der Waals surface area contributed by atoms with Crippen molar-refractivity contribution in [3.8, 4) is 0 Å². The van der Waals surface area contributed by atoms with Gasteiger partial charge in [0.2, 0.25) is 5.91 Å². The second kappa shape index (κ2) is 9.14. The fraction of sp³-hybridized carbons (Fsp3) is 0.412. The second-order valence-corrected chi connectivity index (χ2v) is 7.63. The van der Waals surface area contributed by atoms with Gasteiger partial charge < -0.3 is 14.8 Å². The lowest BCUT2D eigenvalue weighted by atomic mass is 10.1. The van der Waals surface area contributed by atoms with Crippen molar-refractivity contribution in [1.82, 2.24) is 9.78 Å². The fourth-order valence-corrected chi connectivity index (χ4v) is 3.68. The molecule has 0 aliphatic heterocycles. The molecule has 1 N–H and O–H groups in total. The SMILES string of the molecule is CCCOC(=O)c1c(NC(=O)C(C)n2cc(Br)cn2)sc(C(=O)OC)c1C. The average molecular weight is 458 g/mol. The molecule has 0 fully saturated rings. The number of hydrogen-bond acceptors (Lipinski definition) is 7. The Balaban J connectivity index is 2.34. The molecule has 0 saturated heterocycles. The maximum absolute atomic E-state index is 12.6. The minimum Gasteiger partial charge on any atom is -0.465 e. The van der Waals surface area contributed by atoms with Gasteiger partial charge in [0.15, 0.2) is 0 Å². The van der Waals surface area contributed by atoms with Crippen molar-refractivity contribution in [1.29, 1.82) is 0 Å². The van der Waals surface area contributed by atoms with Gasteiger partial charge in [-0.15, -0.1) is 11.3 Å². The minimum atomic E-state index is -0.625. The molecular weight excluding hydrogens is 438 g/mol. The molecule has 0 aliphatic rings. The summed E-state index contributed by atoms with van der Waals surface area (Å²) in [6.45, 7) is 5.41. The Labute approximate surface area is 169 Å². The topological polar surface area (TPSA) is 99.5 Å². The summed E-state index contributed by atoms with van der Waals surface area (Å²) in [5.41, 5.74) is 0.578. The van der Waals surface area contributed by atoms with Crippen LogP contribution >= 0.6 is 27.3 Å². The summed E-state index contributed by atoms with van der Waals surface area (Å²) in [6, 6.07) is -0.625. The Morgan fingerprint density at radius 2 is 2.07 bits per heavy atom. The number of carbonyl (C=O) groups excluding carboxylic acids is 3. The lowest BCUT2D eigenvalue weighted by Crippen LogP contribution is -2.24. The third-order valence-corrected chi connectivity index (χ3v) is 5.34. The molecule has 10 heteroatoms. The zero-order valence-corrected chi connectivity index (χ0v) is 17.8. The Kier molecular flexibility index (Phi) is 7.14. The number of nitrogens with one attached hydrogen (secondary N) is 1. The van der Waals surface area contributed by atoms with Gasteiger partial charge in [-0.2, -0.15) is 5.10 Å². The molecular formula is C17H20BrN3O5S. The molecule has 2 heterocycles.